The second kappa shape index (κ2) is 3.34. The molecule has 0 saturated heterocycles. The lowest BCUT2D eigenvalue weighted by Gasteiger charge is -2.26. The highest BCUT2D eigenvalue weighted by Gasteiger charge is 2.41. The molecule has 1 saturated carbocycles. The first-order valence-corrected chi connectivity index (χ1v) is 5.73. The van der Waals surface area contributed by atoms with Gasteiger partial charge < -0.3 is 5.11 Å². The Morgan fingerprint density at radius 1 is 1.07 bits per heavy atom. The van der Waals surface area contributed by atoms with E-state index < -0.39 is 5.60 Å². The van der Waals surface area contributed by atoms with E-state index in [0.29, 0.717) is 5.92 Å². The van der Waals surface area contributed by atoms with Gasteiger partial charge in [-0.15, -0.1) is 0 Å². The molecule has 0 aromatic heterocycles. The number of aryl methyl sites for hydroxylation is 3. The van der Waals surface area contributed by atoms with Gasteiger partial charge in [0.2, 0.25) is 0 Å². The van der Waals surface area contributed by atoms with E-state index in [1.165, 1.54) is 29.5 Å². The summed E-state index contributed by atoms with van der Waals surface area (Å²) in [6.45, 7) is 8.29. The Hall–Kier alpha value is -0.820. The van der Waals surface area contributed by atoms with Crippen LogP contribution in [0.2, 0.25) is 0 Å². The molecule has 1 fully saturated rings. The number of hydrogen-bond donors (Lipinski definition) is 1. The zero-order valence-electron chi connectivity index (χ0n) is 10.1. The summed E-state index contributed by atoms with van der Waals surface area (Å²) in [7, 11) is 0. The van der Waals surface area contributed by atoms with Crippen LogP contribution in [0, 0.1) is 26.7 Å². The van der Waals surface area contributed by atoms with Gasteiger partial charge in [-0.25, -0.2) is 0 Å². The molecule has 0 amide bonds. The molecule has 1 nitrogen and oxygen atoms in total. The number of aliphatic hydroxyl groups is 1. The molecule has 1 heteroatoms. The van der Waals surface area contributed by atoms with E-state index in [1.54, 1.807) is 0 Å². The molecule has 1 aliphatic rings. The lowest BCUT2D eigenvalue weighted by atomic mass is 9.85. The van der Waals surface area contributed by atoms with E-state index >= 15 is 0 Å². The van der Waals surface area contributed by atoms with Crippen molar-refractivity contribution in [3.05, 3.63) is 34.4 Å². The zero-order chi connectivity index (χ0) is 11.2. The molecule has 0 radical (unpaired) electrons. The fourth-order valence-corrected chi connectivity index (χ4v) is 2.37. The van der Waals surface area contributed by atoms with Gasteiger partial charge in [-0.3, -0.25) is 0 Å². The molecule has 0 bridgehead atoms. The van der Waals surface area contributed by atoms with Crippen LogP contribution in [0.5, 0.6) is 0 Å². The fraction of sp³-hybridized carbons (Fsp3) is 0.571. The first-order chi connectivity index (χ1) is 6.93. The topological polar surface area (TPSA) is 20.2 Å². The second-order valence-electron chi connectivity index (χ2n) is 5.17. The van der Waals surface area contributed by atoms with Crippen LogP contribution >= 0.6 is 0 Å². The molecule has 1 aliphatic carbocycles. The monoisotopic (exact) mass is 204 g/mol. The summed E-state index contributed by atoms with van der Waals surface area (Å²) in [5.41, 5.74) is 4.30. The van der Waals surface area contributed by atoms with Gasteiger partial charge >= 0.3 is 0 Å². The normalized spacial score (nSPS) is 20.1. The molecule has 1 atom stereocenters. The molecule has 0 spiro atoms. The SMILES string of the molecule is Cc1cc(C)c([C@@](C)(O)C2CC2)cc1C. The van der Waals surface area contributed by atoms with E-state index in [4.69, 9.17) is 0 Å². The van der Waals surface area contributed by atoms with Crippen LogP contribution in [0.1, 0.15) is 42.0 Å². The van der Waals surface area contributed by atoms with Crippen molar-refractivity contribution in [2.24, 2.45) is 5.92 Å². The third-order valence-corrected chi connectivity index (χ3v) is 3.76. The van der Waals surface area contributed by atoms with Gasteiger partial charge in [0.15, 0.2) is 0 Å². The van der Waals surface area contributed by atoms with Gasteiger partial charge in [0.1, 0.15) is 0 Å². The first-order valence-electron chi connectivity index (χ1n) is 5.73. The quantitative estimate of drug-likeness (QED) is 0.784. The molecule has 0 unspecified atom stereocenters. The number of rotatable bonds is 2. The Kier molecular flexibility index (Phi) is 2.38. The smallest absolute Gasteiger partial charge is 0.0899 e. The molecule has 1 aromatic rings. The summed E-state index contributed by atoms with van der Waals surface area (Å²) in [6, 6.07) is 4.34. The Morgan fingerprint density at radius 3 is 2.13 bits per heavy atom. The molecule has 1 aromatic carbocycles. The third kappa shape index (κ3) is 1.81. The van der Waals surface area contributed by atoms with Gasteiger partial charge in [0.25, 0.3) is 0 Å². The van der Waals surface area contributed by atoms with Gasteiger partial charge in [-0.05, 0) is 68.7 Å². The van der Waals surface area contributed by atoms with Crippen LogP contribution in [-0.4, -0.2) is 5.11 Å². The molecule has 15 heavy (non-hydrogen) atoms. The Labute approximate surface area is 92.1 Å². The van der Waals surface area contributed by atoms with Crippen molar-refractivity contribution < 1.29 is 5.11 Å². The van der Waals surface area contributed by atoms with Crippen molar-refractivity contribution in [3.8, 4) is 0 Å². The van der Waals surface area contributed by atoms with Gasteiger partial charge in [0.05, 0.1) is 5.60 Å². The molecule has 82 valence electrons. The summed E-state index contributed by atoms with van der Waals surface area (Å²) in [5, 5.41) is 10.5. The van der Waals surface area contributed by atoms with Crippen LogP contribution < -0.4 is 0 Å². The largest absolute Gasteiger partial charge is 0.385 e. The summed E-state index contributed by atoms with van der Waals surface area (Å²) < 4.78 is 0. The van der Waals surface area contributed by atoms with Gasteiger partial charge in [-0.1, -0.05) is 12.1 Å². The average Bonchev–Trinajstić information content (AvgIpc) is 2.93. The maximum atomic E-state index is 10.5. The van der Waals surface area contributed by atoms with Crippen molar-refractivity contribution in [1.29, 1.82) is 0 Å². The highest BCUT2D eigenvalue weighted by atomic mass is 16.3. The minimum absolute atomic E-state index is 0.471. The minimum atomic E-state index is -0.622. The third-order valence-electron chi connectivity index (χ3n) is 3.76. The van der Waals surface area contributed by atoms with Gasteiger partial charge in [0, 0.05) is 0 Å². The Morgan fingerprint density at radius 2 is 1.60 bits per heavy atom. The molecule has 0 heterocycles. The lowest BCUT2D eigenvalue weighted by molar-refractivity contribution is 0.0324. The Balaban J connectivity index is 2.47. The number of benzene rings is 1. The summed E-state index contributed by atoms with van der Waals surface area (Å²) in [4.78, 5) is 0. The molecular weight excluding hydrogens is 184 g/mol. The predicted molar refractivity (Wildman–Crippen MR) is 62.9 cm³/mol. The van der Waals surface area contributed by atoms with E-state index in [-0.39, 0.29) is 0 Å². The van der Waals surface area contributed by atoms with Crippen molar-refractivity contribution in [3.63, 3.8) is 0 Å². The van der Waals surface area contributed by atoms with Crippen molar-refractivity contribution in [2.45, 2.75) is 46.1 Å². The predicted octanol–water partition coefficient (Wildman–Crippen LogP) is 3.23. The molecule has 1 N–H and O–H groups in total. The van der Waals surface area contributed by atoms with Crippen molar-refractivity contribution in [1.82, 2.24) is 0 Å². The first kappa shape index (κ1) is 10.7. The maximum absolute atomic E-state index is 10.5. The van der Waals surface area contributed by atoms with E-state index in [1.807, 2.05) is 6.92 Å². The standard InChI is InChI=1S/C14H20O/c1-9-7-11(3)13(8-10(9)2)14(4,15)12-5-6-12/h7-8,12,15H,5-6H2,1-4H3/t14-/m0/s1. The molecule has 2 rings (SSSR count). The van der Waals surface area contributed by atoms with Crippen LogP contribution in [0.15, 0.2) is 12.1 Å². The average molecular weight is 204 g/mol. The van der Waals surface area contributed by atoms with Gasteiger partial charge in [-0.2, -0.15) is 0 Å². The highest BCUT2D eigenvalue weighted by Crippen LogP contribution is 2.46. The summed E-state index contributed by atoms with van der Waals surface area (Å²) >= 11 is 0. The van der Waals surface area contributed by atoms with Crippen LogP contribution in [-0.2, 0) is 5.60 Å². The van der Waals surface area contributed by atoms with Crippen LogP contribution in [0.4, 0.5) is 0 Å². The van der Waals surface area contributed by atoms with Crippen LogP contribution in [0.3, 0.4) is 0 Å². The molecular formula is C14H20O. The van der Waals surface area contributed by atoms with E-state index in [2.05, 4.69) is 32.9 Å². The van der Waals surface area contributed by atoms with Crippen LogP contribution in [0.25, 0.3) is 0 Å². The van der Waals surface area contributed by atoms with Crippen molar-refractivity contribution >= 4 is 0 Å². The zero-order valence-corrected chi connectivity index (χ0v) is 10.1. The van der Waals surface area contributed by atoms with E-state index in [0.717, 1.165) is 5.56 Å². The summed E-state index contributed by atoms with van der Waals surface area (Å²) in [6.07, 6.45) is 2.33. The molecule has 0 aliphatic heterocycles. The minimum Gasteiger partial charge on any atom is -0.385 e. The lowest BCUT2D eigenvalue weighted by Crippen LogP contribution is -2.25. The maximum Gasteiger partial charge on any atom is 0.0899 e. The highest BCUT2D eigenvalue weighted by molar-refractivity contribution is 5.40. The van der Waals surface area contributed by atoms with Crippen molar-refractivity contribution in [2.75, 3.05) is 0 Å². The summed E-state index contributed by atoms with van der Waals surface area (Å²) in [5.74, 6) is 0.471. The number of hydrogen-bond acceptors (Lipinski definition) is 1. The van der Waals surface area contributed by atoms with E-state index in [9.17, 15) is 5.11 Å². The second-order valence-corrected chi connectivity index (χ2v) is 5.17. The Bertz CT molecular complexity index is 387. The fourth-order valence-electron chi connectivity index (χ4n) is 2.37.